The third kappa shape index (κ3) is 1.89. The Bertz CT molecular complexity index is 171. The van der Waals surface area contributed by atoms with Crippen LogP contribution in [0.5, 0.6) is 0 Å². The van der Waals surface area contributed by atoms with E-state index in [-0.39, 0.29) is 6.10 Å². The Labute approximate surface area is 80.9 Å². The van der Waals surface area contributed by atoms with Crippen molar-refractivity contribution in [3.8, 4) is 0 Å². The van der Waals surface area contributed by atoms with Gasteiger partial charge in [-0.05, 0) is 25.2 Å². The molecule has 2 unspecified atom stereocenters. The molecule has 0 amide bonds. The first-order valence-electron chi connectivity index (χ1n) is 5.73. The van der Waals surface area contributed by atoms with Crippen LogP contribution in [-0.2, 0) is 0 Å². The molecule has 2 heteroatoms. The molecule has 3 atom stereocenters. The second-order valence-electron chi connectivity index (χ2n) is 4.60. The lowest BCUT2D eigenvalue weighted by Gasteiger charge is -2.28. The average molecular weight is 183 g/mol. The van der Waals surface area contributed by atoms with E-state index in [9.17, 15) is 5.11 Å². The van der Waals surface area contributed by atoms with Gasteiger partial charge >= 0.3 is 0 Å². The predicted molar refractivity (Wildman–Crippen MR) is 53.6 cm³/mol. The molecule has 0 aromatic rings. The third-order valence-electron chi connectivity index (χ3n) is 3.81. The van der Waals surface area contributed by atoms with E-state index < -0.39 is 0 Å². The molecule has 0 spiro atoms. The maximum atomic E-state index is 9.48. The summed E-state index contributed by atoms with van der Waals surface area (Å²) in [5.74, 6) is 0.908. The molecule has 76 valence electrons. The summed E-state index contributed by atoms with van der Waals surface area (Å²) >= 11 is 0. The Morgan fingerprint density at radius 3 is 2.77 bits per heavy atom. The van der Waals surface area contributed by atoms with Gasteiger partial charge in [0.2, 0.25) is 0 Å². The molecule has 0 aromatic carbocycles. The maximum absolute atomic E-state index is 9.48. The zero-order valence-corrected chi connectivity index (χ0v) is 8.58. The summed E-state index contributed by atoms with van der Waals surface area (Å²) in [5, 5.41) is 9.48. The molecule has 0 radical (unpaired) electrons. The van der Waals surface area contributed by atoms with Crippen LogP contribution in [0.3, 0.4) is 0 Å². The molecule has 1 aliphatic carbocycles. The number of β-amino-alcohol motifs (C(OH)–C–C–N with tert-alkyl or cyclic N) is 1. The fourth-order valence-electron chi connectivity index (χ4n) is 3.04. The summed E-state index contributed by atoms with van der Waals surface area (Å²) in [6.07, 6.45) is 6.44. The first-order chi connectivity index (χ1) is 6.31. The Morgan fingerprint density at radius 1 is 1.31 bits per heavy atom. The standard InChI is InChI=1S/C11H21NO/c1-2-9-4-3-5-11(9)12-7-6-10(13)8-12/h9-11,13H,2-8H2,1H3/t9?,10-,11?/m0/s1. The van der Waals surface area contributed by atoms with E-state index in [1.165, 1.54) is 25.7 Å². The Hall–Kier alpha value is -0.0800. The van der Waals surface area contributed by atoms with Crippen molar-refractivity contribution >= 4 is 0 Å². The van der Waals surface area contributed by atoms with Crippen LogP contribution in [0.2, 0.25) is 0 Å². The van der Waals surface area contributed by atoms with Gasteiger partial charge < -0.3 is 5.11 Å². The molecule has 13 heavy (non-hydrogen) atoms. The summed E-state index contributed by atoms with van der Waals surface area (Å²) in [5.41, 5.74) is 0. The van der Waals surface area contributed by atoms with Crippen molar-refractivity contribution in [2.24, 2.45) is 5.92 Å². The molecule has 2 fully saturated rings. The van der Waals surface area contributed by atoms with Crippen molar-refractivity contribution in [3.63, 3.8) is 0 Å². The van der Waals surface area contributed by atoms with Gasteiger partial charge in [0.1, 0.15) is 0 Å². The Kier molecular flexibility index (Phi) is 2.89. The lowest BCUT2D eigenvalue weighted by atomic mass is 10.00. The van der Waals surface area contributed by atoms with Crippen LogP contribution in [0.1, 0.15) is 39.0 Å². The molecule has 2 aliphatic rings. The van der Waals surface area contributed by atoms with Crippen molar-refractivity contribution in [3.05, 3.63) is 0 Å². The van der Waals surface area contributed by atoms with Gasteiger partial charge in [-0.2, -0.15) is 0 Å². The molecule has 1 saturated carbocycles. The lowest BCUT2D eigenvalue weighted by Crippen LogP contribution is -2.36. The SMILES string of the molecule is CCC1CCCC1N1CC[C@H](O)C1. The highest BCUT2D eigenvalue weighted by Crippen LogP contribution is 2.33. The number of nitrogens with zero attached hydrogens (tertiary/aromatic N) is 1. The summed E-state index contributed by atoms with van der Waals surface area (Å²) in [6.45, 7) is 4.36. The minimum Gasteiger partial charge on any atom is -0.392 e. The number of hydrogen-bond donors (Lipinski definition) is 1. The molecule has 1 aliphatic heterocycles. The van der Waals surface area contributed by atoms with Gasteiger partial charge in [0, 0.05) is 19.1 Å². The summed E-state index contributed by atoms with van der Waals surface area (Å²) < 4.78 is 0. The number of hydrogen-bond acceptors (Lipinski definition) is 2. The number of rotatable bonds is 2. The molecule has 2 nitrogen and oxygen atoms in total. The van der Waals surface area contributed by atoms with Crippen molar-refractivity contribution in [2.45, 2.75) is 51.2 Å². The number of aliphatic hydroxyl groups excluding tert-OH is 1. The highest BCUT2D eigenvalue weighted by atomic mass is 16.3. The van der Waals surface area contributed by atoms with Crippen LogP contribution >= 0.6 is 0 Å². The van der Waals surface area contributed by atoms with E-state index in [0.29, 0.717) is 0 Å². The van der Waals surface area contributed by atoms with Crippen LogP contribution in [0, 0.1) is 5.92 Å². The smallest absolute Gasteiger partial charge is 0.0679 e. The van der Waals surface area contributed by atoms with E-state index in [1.807, 2.05) is 0 Å². The third-order valence-corrected chi connectivity index (χ3v) is 3.81. The number of aliphatic hydroxyl groups is 1. The molecule has 0 aromatic heterocycles. The zero-order valence-electron chi connectivity index (χ0n) is 8.58. The maximum Gasteiger partial charge on any atom is 0.0679 e. The van der Waals surface area contributed by atoms with E-state index >= 15 is 0 Å². The molecule has 2 rings (SSSR count). The average Bonchev–Trinajstić information content (AvgIpc) is 2.71. The second kappa shape index (κ2) is 3.97. The minimum atomic E-state index is -0.0434. The normalized spacial score (nSPS) is 41.5. The highest BCUT2D eigenvalue weighted by molar-refractivity contribution is 4.88. The number of likely N-dealkylation sites (tertiary alicyclic amines) is 1. The van der Waals surface area contributed by atoms with E-state index in [1.54, 1.807) is 0 Å². The minimum absolute atomic E-state index is 0.0434. The van der Waals surface area contributed by atoms with Crippen LogP contribution in [0.4, 0.5) is 0 Å². The molecule has 1 saturated heterocycles. The first kappa shape index (κ1) is 9.47. The molecule has 1 heterocycles. The van der Waals surface area contributed by atoms with Crippen LogP contribution < -0.4 is 0 Å². The van der Waals surface area contributed by atoms with Crippen molar-refractivity contribution < 1.29 is 5.11 Å². The van der Waals surface area contributed by atoms with Crippen LogP contribution in [0.15, 0.2) is 0 Å². The monoisotopic (exact) mass is 183 g/mol. The summed E-state index contributed by atoms with van der Waals surface area (Å²) in [4.78, 5) is 2.52. The molecule has 1 N–H and O–H groups in total. The van der Waals surface area contributed by atoms with Crippen LogP contribution in [0.25, 0.3) is 0 Å². The van der Waals surface area contributed by atoms with Crippen LogP contribution in [-0.4, -0.2) is 35.2 Å². The Balaban J connectivity index is 1.92. The van der Waals surface area contributed by atoms with E-state index in [0.717, 1.165) is 31.5 Å². The fraction of sp³-hybridized carbons (Fsp3) is 1.00. The summed E-state index contributed by atoms with van der Waals surface area (Å²) in [7, 11) is 0. The van der Waals surface area contributed by atoms with Crippen molar-refractivity contribution in [2.75, 3.05) is 13.1 Å². The van der Waals surface area contributed by atoms with Gasteiger partial charge in [-0.15, -0.1) is 0 Å². The van der Waals surface area contributed by atoms with Gasteiger partial charge in [-0.1, -0.05) is 19.8 Å². The van der Waals surface area contributed by atoms with Gasteiger partial charge in [0.05, 0.1) is 6.10 Å². The van der Waals surface area contributed by atoms with Crippen molar-refractivity contribution in [1.29, 1.82) is 0 Å². The zero-order chi connectivity index (χ0) is 9.26. The molecular formula is C11H21NO. The van der Waals surface area contributed by atoms with Crippen molar-refractivity contribution in [1.82, 2.24) is 4.90 Å². The highest BCUT2D eigenvalue weighted by Gasteiger charge is 2.34. The van der Waals surface area contributed by atoms with Gasteiger partial charge in [0.25, 0.3) is 0 Å². The largest absolute Gasteiger partial charge is 0.392 e. The molecular weight excluding hydrogens is 162 g/mol. The topological polar surface area (TPSA) is 23.5 Å². The Morgan fingerprint density at radius 2 is 2.15 bits per heavy atom. The lowest BCUT2D eigenvalue weighted by molar-refractivity contribution is 0.142. The predicted octanol–water partition coefficient (Wildman–Crippen LogP) is 1.63. The van der Waals surface area contributed by atoms with E-state index in [2.05, 4.69) is 11.8 Å². The first-order valence-corrected chi connectivity index (χ1v) is 5.73. The fourth-order valence-corrected chi connectivity index (χ4v) is 3.04. The van der Waals surface area contributed by atoms with E-state index in [4.69, 9.17) is 0 Å². The van der Waals surface area contributed by atoms with Gasteiger partial charge in [-0.3, -0.25) is 4.90 Å². The van der Waals surface area contributed by atoms with Gasteiger partial charge in [-0.25, -0.2) is 0 Å². The quantitative estimate of drug-likeness (QED) is 0.703. The summed E-state index contributed by atoms with van der Waals surface area (Å²) in [6, 6.07) is 0.794. The van der Waals surface area contributed by atoms with Gasteiger partial charge in [0.15, 0.2) is 0 Å². The molecule has 0 bridgehead atoms. The second-order valence-corrected chi connectivity index (χ2v) is 4.60.